The van der Waals surface area contributed by atoms with E-state index in [9.17, 15) is 8.42 Å². The summed E-state index contributed by atoms with van der Waals surface area (Å²) in [6, 6.07) is 0. The maximum Gasteiger partial charge on any atom is 0.264 e. The lowest BCUT2D eigenvalue weighted by atomic mass is 10.2. The van der Waals surface area contributed by atoms with Crippen molar-refractivity contribution in [2.24, 2.45) is 0 Å². The smallest absolute Gasteiger partial charge is 0.264 e. The van der Waals surface area contributed by atoms with Crippen molar-refractivity contribution in [3.05, 3.63) is 0 Å². The van der Waals surface area contributed by atoms with Gasteiger partial charge >= 0.3 is 0 Å². The second-order valence-electron chi connectivity index (χ2n) is 3.77. The van der Waals surface area contributed by atoms with Crippen LogP contribution in [0, 0.1) is 0 Å². The molecule has 1 fully saturated rings. The molecule has 1 saturated heterocycles. The zero-order chi connectivity index (χ0) is 10.8. The lowest BCUT2D eigenvalue weighted by molar-refractivity contribution is -0.276. The molecule has 0 bridgehead atoms. The van der Waals surface area contributed by atoms with Crippen LogP contribution in [0.25, 0.3) is 0 Å². The van der Waals surface area contributed by atoms with Crippen molar-refractivity contribution in [1.82, 2.24) is 0 Å². The number of hydrogen-bond acceptors (Lipinski definition) is 5. The van der Waals surface area contributed by atoms with Gasteiger partial charge in [0.25, 0.3) is 10.1 Å². The van der Waals surface area contributed by atoms with Crippen LogP contribution in [-0.2, 0) is 23.8 Å². The predicted octanol–water partition coefficient (Wildman–Crippen LogP) is 0.504. The molecule has 0 aromatic carbocycles. The molecule has 1 heterocycles. The minimum atomic E-state index is -3.38. The van der Waals surface area contributed by atoms with Gasteiger partial charge in [-0.3, -0.25) is 4.18 Å². The van der Waals surface area contributed by atoms with Gasteiger partial charge in [-0.2, -0.15) is 8.42 Å². The van der Waals surface area contributed by atoms with E-state index in [0.29, 0.717) is 13.0 Å². The fourth-order valence-corrected chi connectivity index (χ4v) is 1.65. The second kappa shape index (κ2) is 4.14. The highest BCUT2D eigenvalue weighted by atomic mass is 32.2. The fourth-order valence-electron chi connectivity index (χ4n) is 1.25. The van der Waals surface area contributed by atoms with Crippen LogP contribution in [0.2, 0.25) is 0 Å². The summed E-state index contributed by atoms with van der Waals surface area (Å²) in [4.78, 5) is 0. The molecule has 0 aromatic heterocycles. The molecule has 1 aliphatic rings. The Labute approximate surface area is 84.5 Å². The van der Waals surface area contributed by atoms with Crippen LogP contribution < -0.4 is 0 Å². The lowest BCUT2D eigenvalue weighted by Crippen LogP contribution is -2.41. The minimum Gasteiger partial charge on any atom is -0.350 e. The van der Waals surface area contributed by atoms with Crippen molar-refractivity contribution >= 4 is 10.1 Å². The average Bonchev–Trinajstić information content (AvgIpc) is 1.98. The van der Waals surface area contributed by atoms with E-state index in [0.717, 1.165) is 6.26 Å². The van der Waals surface area contributed by atoms with Crippen molar-refractivity contribution in [2.75, 3.05) is 19.5 Å². The highest BCUT2D eigenvalue weighted by Crippen LogP contribution is 2.22. The number of ether oxygens (including phenoxy) is 2. The Morgan fingerprint density at radius 1 is 1.50 bits per heavy atom. The van der Waals surface area contributed by atoms with Gasteiger partial charge in [0.05, 0.1) is 25.6 Å². The fraction of sp³-hybridized carbons (Fsp3) is 1.00. The Morgan fingerprint density at radius 2 is 2.14 bits per heavy atom. The van der Waals surface area contributed by atoms with Crippen LogP contribution >= 0.6 is 0 Å². The Balaban J connectivity index is 2.39. The number of rotatable bonds is 3. The summed E-state index contributed by atoms with van der Waals surface area (Å²) in [6.45, 7) is 4.20. The zero-order valence-electron chi connectivity index (χ0n) is 8.65. The first kappa shape index (κ1) is 11.9. The van der Waals surface area contributed by atoms with Gasteiger partial charge in [0.15, 0.2) is 5.79 Å². The summed E-state index contributed by atoms with van der Waals surface area (Å²) < 4.78 is 36.9. The predicted molar refractivity (Wildman–Crippen MR) is 50.3 cm³/mol. The van der Waals surface area contributed by atoms with Crippen LogP contribution in [0.15, 0.2) is 0 Å². The first-order chi connectivity index (χ1) is 6.29. The molecule has 14 heavy (non-hydrogen) atoms. The maximum absolute atomic E-state index is 10.7. The SMILES string of the molecule is CC1(C)OCCC(COS(C)(=O)=O)O1. The van der Waals surface area contributed by atoms with Gasteiger partial charge in [-0.1, -0.05) is 0 Å². The summed E-state index contributed by atoms with van der Waals surface area (Å²) in [5.41, 5.74) is 0. The monoisotopic (exact) mass is 224 g/mol. The van der Waals surface area contributed by atoms with Gasteiger partial charge in [0.1, 0.15) is 0 Å². The van der Waals surface area contributed by atoms with Crippen LogP contribution in [0.5, 0.6) is 0 Å². The van der Waals surface area contributed by atoms with Crippen molar-refractivity contribution in [2.45, 2.75) is 32.2 Å². The molecule has 1 rings (SSSR count). The van der Waals surface area contributed by atoms with Crippen LogP contribution in [0.3, 0.4) is 0 Å². The van der Waals surface area contributed by atoms with Crippen LogP contribution in [0.4, 0.5) is 0 Å². The Morgan fingerprint density at radius 3 is 2.64 bits per heavy atom. The topological polar surface area (TPSA) is 61.8 Å². The Bertz CT molecular complexity index is 282. The normalized spacial score (nSPS) is 27.5. The minimum absolute atomic E-state index is 0.0611. The van der Waals surface area contributed by atoms with E-state index < -0.39 is 15.9 Å². The summed E-state index contributed by atoms with van der Waals surface area (Å²) in [5, 5.41) is 0. The summed E-state index contributed by atoms with van der Waals surface area (Å²) in [6.07, 6.45) is 1.46. The standard InChI is InChI=1S/C8H16O5S/c1-8(2)11-5-4-7(13-8)6-12-14(3,9)10/h7H,4-6H2,1-3H3. The highest BCUT2D eigenvalue weighted by Gasteiger charge is 2.29. The second-order valence-corrected chi connectivity index (χ2v) is 5.41. The molecule has 1 aliphatic heterocycles. The van der Waals surface area contributed by atoms with E-state index >= 15 is 0 Å². The average molecular weight is 224 g/mol. The summed E-state index contributed by atoms with van der Waals surface area (Å²) in [7, 11) is -3.38. The molecule has 0 spiro atoms. The maximum atomic E-state index is 10.7. The molecule has 0 aliphatic carbocycles. The van der Waals surface area contributed by atoms with Crippen molar-refractivity contribution in [3.8, 4) is 0 Å². The van der Waals surface area contributed by atoms with E-state index in [1.54, 1.807) is 13.8 Å². The first-order valence-corrected chi connectivity index (χ1v) is 6.26. The largest absolute Gasteiger partial charge is 0.350 e. The van der Waals surface area contributed by atoms with Crippen LogP contribution in [0.1, 0.15) is 20.3 Å². The van der Waals surface area contributed by atoms with Gasteiger partial charge < -0.3 is 9.47 Å². The zero-order valence-corrected chi connectivity index (χ0v) is 9.46. The molecule has 0 radical (unpaired) electrons. The van der Waals surface area contributed by atoms with Gasteiger partial charge in [-0.15, -0.1) is 0 Å². The van der Waals surface area contributed by atoms with Gasteiger partial charge in [-0.25, -0.2) is 0 Å². The third-order valence-corrected chi connectivity index (χ3v) is 2.37. The van der Waals surface area contributed by atoms with E-state index in [1.165, 1.54) is 0 Å². The summed E-state index contributed by atoms with van der Waals surface area (Å²) >= 11 is 0. The third-order valence-electron chi connectivity index (χ3n) is 1.81. The molecule has 1 atom stereocenters. The molecule has 0 N–H and O–H groups in total. The first-order valence-electron chi connectivity index (χ1n) is 4.45. The quantitative estimate of drug-likeness (QED) is 0.653. The molecule has 0 saturated carbocycles. The molecular weight excluding hydrogens is 208 g/mol. The van der Waals surface area contributed by atoms with Crippen molar-refractivity contribution in [1.29, 1.82) is 0 Å². The lowest BCUT2D eigenvalue weighted by Gasteiger charge is -2.35. The molecular formula is C8H16O5S. The molecule has 5 nitrogen and oxygen atoms in total. The highest BCUT2D eigenvalue weighted by molar-refractivity contribution is 7.85. The van der Waals surface area contributed by atoms with E-state index in [2.05, 4.69) is 4.18 Å². The Kier molecular flexibility index (Phi) is 3.52. The van der Waals surface area contributed by atoms with Crippen molar-refractivity contribution in [3.63, 3.8) is 0 Å². The third kappa shape index (κ3) is 4.36. The van der Waals surface area contributed by atoms with E-state index in [4.69, 9.17) is 9.47 Å². The number of hydrogen-bond donors (Lipinski definition) is 0. The molecule has 0 aromatic rings. The van der Waals surface area contributed by atoms with E-state index in [-0.39, 0.29) is 12.7 Å². The van der Waals surface area contributed by atoms with Gasteiger partial charge in [0, 0.05) is 0 Å². The molecule has 1 unspecified atom stereocenters. The Hall–Kier alpha value is -0.170. The van der Waals surface area contributed by atoms with Gasteiger partial charge in [-0.05, 0) is 20.3 Å². The molecule has 0 amide bonds. The molecule has 6 heteroatoms. The van der Waals surface area contributed by atoms with Crippen molar-refractivity contribution < 1.29 is 22.1 Å². The van der Waals surface area contributed by atoms with Gasteiger partial charge in [0.2, 0.25) is 0 Å². The van der Waals surface area contributed by atoms with E-state index in [1.807, 2.05) is 0 Å². The molecule has 84 valence electrons. The van der Waals surface area contributed by atoms with Crippen LogP contribution in [-0.4, -0.2) is 39.8 Å². The summed E-state index contributed by atoms with van der Waals surface area (Å²) in [5.74, 6) is -0.649.